The van der Waals surface area contributed by atoms with Crippen LogP contribution in [0.3, 0.4) is 0 Å². The van der Waals surface area contributed by atoms with Crippen LogP contribution in [-0.4, -0.2) is 6.10 Å². The maximum Gasteiger partial charge on any atom is 0.119 e. The average Bonchev–Trinajstić information content (AvgIpc) is 2.02. The zero-order valence-corrected chi connectivity index (χ0v) is 9.79. The zero-order chi connectivity index (χ0) is 10.8. The lowest BCUT2D eigenvalue weighted by molar-refractivity contribution is 0.242. The lowest BCUT2D eigenvalue weighted by atomic mass is 9.87. The predicted molar refractivity (Wildman–Crippen MR) is 60.9 cm³/mol. The Morgan fingerprint density at radius 1 is 1.00 bits per heavy atom. The molecule has 0 saturated heterocycles. The topological polar surface area (TPSA) is 9.23 Å². The van der Waals surface area contributed by atoms with E-state index in [-0.39, 0.29) is 11.5 Å². The van der Waals surface area contributed by atoms with Crippen molar-refractivity contribution in [1.29, 1.82) is 0 Å². The van der Waals surface area contributed by atoms with Gasteiger partial charge in [-0.25, -0.2) is 0 Å². The van der Waals surface area contributed by atoms with Crippen LogP contribution < -0.4 is 4.74 Å². The molecule has 0 bridgehead atoms. The minimum Gasteiger partial charge on any atom is -0.491 e. The molecule has 1 rings (SSSR count). The van der Waals surface area contributed by atoms with E-state index in [0.29, 0.717) is 0 Å². The number of hydrogen-bond donors (Lipinski definition) is 0. The van der Waals surface area contributed by atoms with Gasteiger partial charge in [0.1, 0.15) is 5.75 Å². The van der Waals surface area contributed by atoms with Crippen molar-refractivity contribution in [2.24, 2.45) is 0 Å². The van der Waals surface area contributed by atoms with E-state index in [0.717, 1.165) is 5.75 Å². The third-order valence-corrected chi connectivity index (χ3v) is 2.09. The number of hydrogen-bond acceptors (Lipinski definition) is 1. The molecule has 1 aromatic carbocycles. The molecule has 0 fully saturated rings. The summed E-state index contributed by atoms with van der Waals surface area (Å²) in [5.41, 5.74) is 1.56. The molecule has 0 saturated carbocycles. The molecule has 14 heavy (non-hydrogen) atoms. The molecule has 0 amide bonds. The second-order valence-electron chi connectivity index (χ2n) is 4.94. The van der Waals surface area contributed by atoms with Crippen LogP contribution in [0.25, 0.3) is 0 Å². The van der Waals surface area contributed by atoms with Gasteiger partial charge in [0.25, 0.3) is 0 Å². The molecular weight excluding hydrogens is 172 g/mol. The summed E-state index contributed by atoms with van der Waals surface area (Å²) in [6, 6.07) is 8.36. The molecule has 1 heteroatoms. The van der Waals surface area contributed by atoms with E-state index >= 15 is 0 Å². The Bertz CT molecular complexity index is 277. The molecule has 0 aliphatic rings. The highest BCUT2D eigenvalue weighted by Gasteiger charge is 2.12. The van der Waals surface area contributed by atoms with Gasteiger partial charge < -0.3 is 4.74 Å². The molecule has 0 N–H and O–H groups in total. The lowest BCUT2D eigenvalue weighted by Crippen LogP contribution is -2.11. The monoisotopic (exact) mass is 192 g/mol. The van der Waals surface area contributed by atoms with Crippen molar-refractivity contribution in [3.63, 3.8) is 0 Å². The molecule has 0 atom stereocenters. The smallest absolute Gasteiger partial charge is 0.119 e. The summed E-state index contributed by atoms with van der Waals surface area (Å²) in [7, 11) is 0. The van der Waals surface area contributed by atoms with Gasteiger partial charge in [0.2, 0.25) is 0 Å². The lowest BCUT2D eigenvalue weighted by Gasteiger charge is -2.19. The first-order chi connectivity index (χ1) is 6.39. The van der Waals surface area contributed by atoms with Gasteiger partial charge >= 0.3 is 0 Å². The number of ether oxygens (including phenoxy) is 1. The average molecular weight is 192 g/mol. The van der Waals surface area contributed by atoms with Crippen LogP contribution in [0.5, 0.6) is 5.75 Å². The van der Waals surface area contributed by atoms with E-state index in [1.807, 2.05) is 26.0 Å². The van der Waals surface area contributed by atoms with Gasteiger partial charge in [0.05, 0.1) is 6.10 Å². The van der Waals surface area contributed by atoms with E-state index in [9.17, 15) is 0 Å². The van der Waals surface area contributed by atoms with Crippen molar-refractivity contribution in [2.45, 2.75) is 46.1 Å². The van der Waals surface area contributed by atoms with Crippen molar-refractivity contribution in [1.82, 2.24) is 0 Å². The molecule has 0 unspecified atom stereocenters. The first-order valence-corrected chi connectivity index (χ1v) is 5.17. The molecule has 0 aromatic heterocycles. The summed E-state index contributed by atoms with van der Waals surface area (Å²) in [5.74, 6) is 0.952. The summed E-state index contributed by atoms with van der Waals surface area (Å²) in [6.45, 7) is 10.7. The summed E-state index contributed by atoms with van der Waals surface area (Å²) in [4.78, 5) is 0. The fraction of sp³-hybridized carbons (Fsp3) is 0.538. The van der Waals surface area contributed by atoms with Crippen LogP contribution in [-0.2, 0) is 5.41 Å². The van der Waals surface area contributed by atoms with Gasteiger partial charge in [0, 0.05) is 0 Å². The maximum atomic E-state index is 5.58. The Balaban J connectivity index is 2.79. The first-order valence-electron chi connectivity index (χ1n) is 5.17. The van der Waals surface area contributed by atoms with E-state index in [1.165, 1.54) is 5.56 Å². The highest BCUT2D eigenvalue weighted by molar-refractivity contribution is 5.31. The van der Waals surface area contributed by atoms with Crippen molar-refractivity contribution in [2.75, 3.05) is 0 Å². The SMILES string of the molecule is CC(C)Oc1ccc(C(C)(C)C)cc1. The second-order valence-corrected chi connectivity index (χ2v) is 4.94. The van der Waals surface area contributed by atoms with Gasteiger partial charge in [-0.2, -0.15) is 0 Å². The van der Waals surface area contributed by atoms with E-state index in [2.05, 4.69) is 32.9 Å². The Morgan fingerprint density at radius 2 is 1.50 bits per heavy atom. The molecule has 0 heterocycles. The van der Waals surface area contributed by atoms with Crippen LogP contribution in [0, 0.1) is 0 Å². The minimum atomic E-state index is 0.219. The fourth-order valence-corrected chi connectivity index (χ4v) is 1.31. The fourth-order valence-electron chi connectivity index (χ4n) is 1.31. The van der Waals surface area contributed by atoms with Crippen LogP contribution in [0.15, 0.2) is 24.3 Å². The highest BCUT2D eigenvalue weighted by Crippen LogP contribution is 2.24. The highest BCUT2D eigenvalue weighted by atomic mass is 16.5. The predicted octanol–water partition coefficient (Wildman–Crippen LogP) is 3.77. The molecule has 1 nitrogen and oxygen atoms in total. The van der Waals surface area contributed by atoms with E-state index in [4.69, 9.17) is 4.74 Å². The molecule has 0 radical (unpaired) electrons. The quantitative estimate of drug-likeness (QED) is 0.693. The van der Waals surface area contributed by atoms with Crippen LogP contribution in [0.1, 0.15) is 40.2 Å². The maximum absolute atomic E-state index is 5.58. The van der Waals surface area contributed by atoms with Gasteiger partial charge in [-0.3, -0.25) is 0 Å². The van der Waals surface area contributed by atoms with Crippen molar-refractivity contribution < 1.29 is 4.74 Å². The molecule has 78 valence electrons. The van der Waals surface area contributed by atoms with E-state index in [1.54, 1.807) is 0 Å². The van der Waals surface area contributed by atoms with Crippen molar-refractivity contribution in [3.8, 4) is 5.75 Å². The number of rotatable bonds is 2. The van der Waals surface area contributed by atoms with Crippen LogP contribution in [0.4, 0.5) is 0 Å². The van der Waals surface area contributed by atoms with Gasteiger partial charge in [-0.15, -0.1) is 0 Å². The largest absolute Gasteiger partial charge is 0.491 e. The van der Waals surface area contributed by atoms with Gasteiger partial charge in [-0.1, -0.05) is 32.9 Å². The summed E-state index contributed by atoms with van der Waals surface area (Å²) < 4.78 is 5.58. The minimum absolute atomic E-state index is 0.219. The summed E-state index contributed by atoms with van der Waals surface area (Å²) in [6.07, 6.45) is 0.246. The Hall–Kier alpha value is -0.980. The molecule has 1 aromatic rings. The zero-order valence-electron chi connectivity index (χ0n) is 9.79. The Labute approximate surface area is 87.1 Å². The normalized spacial score (nSPS) is 11.9. The standard InChI is InChI=1S/C13H20O/c1-10(2)14-12-8-6-11(7-9-12)13(3,4)5/h6-10H,1-5H3. The van der Waals surface area contributed by atoms with E-state index < -0.39 is 0 Å². The Kier molecular flexibility index (Phi) is 3.20. The van der Waals surface area contributed by atoms with Gasteiger partial charge in [0.15, 0.2) is 0 Å². The third kappa shape index (κ3) is 3.06. The number of benzene rings is 1. The van der Waals surface area contributed by atoms with Gasteiger partial charge in [-0.05, 0) is 37.0 Å². The second kappa shape index (κ2) is 4.04. The first kappa shape index (κ1) is 11.1. The summed E-state index contributed by atoms with van der Waals surface area (Å²) in [5, 5.41) is 0. The Morgan fingerprint density at radius 3 is 1.86 bits per heavy atom. The molecule has 0 aliphatic carbocycles. The molecule has 0 spiro atoms. The third-order valence-electron chi connectivity index (χ3n) is 2.09. The van der Waals surface area contributed by atoms with Crippen molar-refractivity contribution in [3.05, 3.63) is 29.8 Å². The van der Waals surface area contributed by atoms with Crippen LogP contribution in [0.2, 0.25) is 0 Å². The van der Waals surface area contributed by atoms with Crippen LogP contribution >= 0.6 is 0 Å². The molecule has 0 aliphatic heterocycles. The summed E-state index contributed by atoms with van der Waals surface area (Å²) >= 11 is 0. The molecular formula is C13H20O. The van der Waals surface area contributed by atoms with Crippen molar-refractivity contribution >= 4 is 0 Å².